The van der Waals surface area contributed by atoms with Crippen LogP contribution in [0.2, 0.25) is 0 Å². The number of carbonyl (C=O) groups is 2. The number of ether oxygens (including phenoxy) is 1. The molecule has 0 saturated carbocycles. The fraction of sp³-hybridized carbons (Fsp3) is 0.176. The third-order valence-corrected chi connectivity index (χ3v) is 4.15. The topological polar surface area (TPSA) is 67.4 Å². The summed E-state index contributed by atoms with van der Waals surface area (Å²) < 4.78 is 17.9. The molecule has 0 fully saturated rings. The van der Waals surface area contributed by atoms with Crippen LogP contribution in [0.3, 0.4) is 0 Å². The number of thioether (sulfide) groups is 1. The van der Waals surface area contributed by atoms with Gasteiger partial charge in [0.15, 0.2) is 6.61 Å². The molecule has 0 atom stereocenters. The van der Waals surface area contributed by atoms with Crippen LogP contribution >= 0.6 is 11.8 Å². The lowest BCUT2D eigenvalue weighted by atomic mass is 10.2. The molecule has 0 aliphatic carbocycles. The summed E-state index contributed by atoms with van der Waals surface area (Å²) in [6.07, 6.45) is 0. The van der Waals surface area contributed by atoms with Crippen molar-refractivity contribution in [2.24, 2.45) is 0 Å². The number of rotatable bonds is 6. The van der Waals surface area contributed by atoms with Gasteiger partial charge in [0, 0.05) is 4.90 Å². The van der Waals surface area contributed by atoms with E-state index in [4.69, 9.17) is 4.74 Å². The fourth-order valence-corrected chi connectivity index (χ4v) is 2.58. The summed E-state index contributed by atoms with van der Waals surface area (Å²) in [5, 5.41) is 0. The first kappa shape index (κ1) is 17.8. The highest BCUT2D eigenvalue weighted by molar-refractivity contribution is 8.00. The van der Waals surface area contributed by atoms with E-state index >= 15 is 0 Å². The van der Waals surface area contributed by atoms with Crippen molar-refractivity contribution in [1.82, 2.24) is 10.9 Å². The minimum absolute atomic E-state index is 0.184. The molecule has 0 spiro atoms. The third-order valence-electron chi connectivity index (χ3n) is 2.98. The van der Waals surface area contributed by atoms with Gasteiger partial charge in [0.05, 0.1) is 5.75 Å². The van der Waals surface area contributed by atoms with Gasteiger partial charge in [-0.1, -0.05) is 18.2 Å². The minimum atomic E-state index is -0.506. The van der Waals surface area contributed by atoms with Crippen molar-refractivity contribution in [1.29, 1.82) is 0 Å². The maximum Gasteiger partial charge on any atom is 0.276 e. The second-order valence-electron chi connectivity index (χ2n) is 4.89. The van der Waals surface area contributed by atoms with Crippen molar-refractivity contribution in [3.63, 3.8) is 0 Å². The molecule has 2 aromatic rings. The summed E-state index contributed by atoms with van der Waals surface area (Å²) >= 11 is 1.39. The predicted octanol–water partition coefficient (Wildman–Crippen LogP) is 2.45. The number of hydrazine groups is 1. The van der Waals surface area contributed by atoms with Crippen LogP contribution in [0.25, 0.3) is 0 Å². The molecule has 2 rings (SSSR count). The predicted molar refractivity (Wildman–Crippen MR) is 90.1 cm³/mol. The molecule has 2 amide bonds. The number of hydrogen-bond acceptors (Lipinski definition) is 4. The molecule has 0 aliphatic rings. The first-order valence-electron chi connectivity index (χ1n) is 7.19. The van der Waals surface area contributed by atoms with E-state index in [2.05, 4.69) is 10.9 Å². The Hall–Kier alpha value is -2.54. The van der Waals surface area contributed by atoms with Gasteiger partial charge in [-0.3, -0.25) is 20.4 Å². The summed E-state index contributed by atoms with van der Waals surface area (Å²) in [5.74, 6) is -0.658. The Kier molecular flexibility index (Phi) is 6.62. The van der Waals surface area contributed by atoms with Crippen LogP contribution < -0.4 is 15.6 Å². The van der Waals surface area contributed by atoms with Gasteiger partial charge in [-0.15, -0.1) is 11.8 Å². The van der Waals surface area contributed by atoms with E-state index in [0.29, 0.717) is 5.75 Å². The maximum absolute atomic E-state index is 12.7. The van der Waals surface area contributed by atoms with Crippen LogP contribution in [0.5, 0.6) is 5.75 Å². The molecule has 0 heterocycles. The zero-order valence-electron chi connectivity index (χ0n) is 13.0. The number of hydrogen-bond donors (Lipinski definition) is 2. The fourth-order valence-electron chi connectivity index (χ4n) is 1.75. The molecule has 7 heteroatoms. The second-order valence-corrected chi connectivity index (χ2v) is 5.91. The van der Waals surface area contributed by atoms with Gasteiger partial charge in [0.1, 0.15) is 11.6 Å². The van der Waals surface area contributed by atoms with Crippen LogP contribution in [0.4, 0.5) is 4.39 Å². The molecular formula is C17H17FN2O3S. The van der Waals surface area contributed by atoms with E-state index in [1.807, 2.05) is 31.2 Å². The second kappa shape index (κ2) is 8.93. The molecule has 2 aromatic carbocycles. The maximum atomic E-state index is 12.7. The molecule has 0 aromatic heterocycles. The minimum Gasteiger partial charge on any atom is -0.484 e. The lowest BCUT2D eigenvalue weighted by Crippen LogP contribution is -2.44. The van der Waals surface area contributed by atoms with Gasteiger partial charge >= 0.3 is 0 Å². The Labute approximate surface area is 143 Å². The van der Waals surface area contributed by atoms with Gasteiger partial charge in [-0.25, -0.2) is 4.39 Å². The molecule has 0 radical (unpaired) electrons. The highest BCUT2D eigenvalue weighted by atomic mass is 32.2. The van der Waals surface area contributed by atoms with E-state index in [-0.39, 0.29) is 24.1 Å². The zero-order valence-corrected chi connectivity index (χ0v) is 13.9. The van der Waals surface area contributed by atoms with Crippen LogP contribution in [0.15, 0.2) is 53.4 Å². The molecule has 5 nitrogen and oxygen atoms in total. The Balaban J connectivity index is 1.66. The lowest BCUT2D eigenvalue weighted by Gasteiger charge is -2.09. The Morgan fingerprint density at radius 1 is 1.04 bits per heavy atom. The molecule has 0 saturated heterocycles. The van der Waals surface area contributed by atoms with Gasteiger partial charge in [0.2, 0.25) is 5.91 Å². The van der Waals surface area contributed by atoms with Crippen LogP contribution in [0, 0.1) is 12.7 Å². The molecule has 2 N–H and O–H groups in total. The van der Waals surface area contributed by atoms with Crippen LogP contribution in [-0.2, 0) is 9.59 Å². The van der Waals surface area contributed by atoms with E-state index in [1.165, 1.54) is 36.0 Å². The van der Waals surface area contributed by atoms with Gasteiger partial charge in [-0.2, -0.15) is 0 Å². The van der Waals surface area contributed by atoms with Crippen LogP contribution in [0.1, 0.15) is 5.56 Å². The van der Waals surface area contributed by atoms with Gasteiger partial charge in [-0.05, 0) is 42.8 Å². The van der Waals surface area contributed by atoms with E-state index in [9.17, 15) is 14.0 Å². The average molecular weight is 348 g/mol. The van der Waals surface area contributed by atoms with Crippen LogP contribution in [-0.4, -0.2) is 24.2 Å². The van der Waals surface area contributed by atoms with Crippen molar-refractivity contribution in [3.05, 3.63) is 59.9 Å². The number of amides is 2. The van der Waals surface area contributed by atoms with E-state index < -0.39 is 5.91 Å². The number of aryl methyl sites for hydroxylation is 1. The van der Waals surface area contributed by atoms with Crippen molar-refractivity contribution >= 4 is 23.6 Å². The monoisotopic (exact) mass is 348 g/mol. The molecule has 126 valence electrons. The number of benzene rings is 2. The molecule has 0 aliphatic heterocycles. The molecule has 0 bridgehead atoms. The summed E-state index contributed by atoms with van der Waals surface area (Å²) in [6, 6.07) is 13.0. The smallest absolute Gasteiger partial charge is 0.276 e. The lowest BCUT2D eigenvalue weighted by molar-refractivity contribution is -0.128. The average Bonchev–Trinajstić information content (AvgIpc) is 2.58. The van der Waals surface area contributed by atoms with E-state index in [0.717, 1.165) is 10.5 Å². The van der Waals surface area contributed by atoms with Gasteiger partial charge in [0.25, 0.3) is 5.91 Å². The highest BCUT2D eigenvalue weighted by Crippen LogP contribution is 2.21. The Morgan fingerprint density at radius 2 is 1.71 bits per heavy atom. The summed E-state index contributed by atoms with van der Waals surface area (Å²) in [5.41, 5.74) is 5.67. The Bertz CT molecular complexity index is 707. The van der Waals surface area contributed by atoms with Crippen molar-refractivity contribution < 1.29 is 18.7 Å². The Morgan fingerprint density at radius 3 is 2.42 bits per heavy atom. The molecule has 24 heavy (non-hydrogen) atoms. The SMILES string of the molecule is Cc1ccccc1SCC(=O)NNC(=O)COc1ccc(F)cc1. The normalized spacial score (nSPS) is 10.1. The molecule has 0 unspecified atom stereocenters. The third kappa shape index (κ3) is 5.92. The molecular weight excluding hydrogens is 331 g/mol. The first-order valence-corrected chi connectivity index (χ1v) is 8.17. The van der Waals surface area contributed by atoms with Gasteiger partial charge < -0.3 is 4.74 Å². The largest absolute Gasteiger partial charge is 0.484 e. The van der Waals surface area contributed by atoms with Crippen molar-refractivity contribution in [3.8, 4) is 5.75 Å². The first-order chi connectivity index (χ1) is 11.5. The van der Waals surface area contributed by atoms with Crippen molar-refractivity contribution in [2.45, 2.75) is 11.8 Å². The number of nitrogens with one attached hydrogen (secondary N) is 2. The summed E-state index contributed by atoms with van der Waals surface area (Å²) in [4.78, 5) is 24.3. The summed E-state index contributed by atoms with van der Waals surface area (Å²) in [6.45, 7) is 1.69. The summed E-state index contributed by atoms with van der Waals surface area (Å²) in [7, 11) is 0. The zero-order chi connectivity index (χ0) is 17.4. The highest BCUT2D eigenvalue weighted by Gasteiger charge is 2.07. The van der Waals surface area contributed by atoms with E-state index in [1.54, 1.807) is 0 Å². The quantitative estimate of drug-likeness (QED) is 0.622. The van der Waals surface area contributed by atoms with Crippen molar-refractivity contribution in [2.75, 3.05) is 12.4 Å². The number of carbonyl (C=O) groups excluding carboxylic acids is 2. The number of halogens is 1. The standard InChI is InChI=1S/C17H17FN2O3S/c1-12-4-2-3-5-15(12)24-11-17(22)20-19-16(21)10-23-14-8-6-13(18)7-9-14/h2-9H,10-11H2,1H3,(H,19,21)(H,20,22).